The van der Waals surface area contributed by atoms with E-state index in [9.17, 15) is 49.9 Å². The van der Waals surface area contributed by atoms with Gasteiger partial charge in [0.15, 0.2) is 5.71 Å². The first-order valence-corrected chi connectivity index (χ1v) is 27.3. The number of aliphatic carboxylic acids is 1. The first-order chi connectivity index (χ1) is 33.6. The number of benzene rings is 4. The third kappa shape index (κ3) is 16.1. The standard InChI is InChI=1S/C49H56N2O16S4.4Na/c1-48(2)41(50(24-7-9-26-70(57,58)59)38-19-13-33-28-36(71(60,61)62)17-18-37(33)45(38)48)21-15-31-11-10-12-32(47(31)63-5)16-22-42-49(3,4)46-39(51(42)23-6-8-25-65-69(55)56)20-14-34-27-35(68-67-66-54)29-40(44(34)46)64-30-43(52)53;;;;/h13-22,27-29H,6-12,23-26,30H2,1-5H3,(H4-,52,53,54,55,56,57,58,59,60,61,62);;;;/q;4*+1/p-4. The summed E-state index contributed by atoms with van der Waals surface area (Å²) >= 11 is -2.02. The molecule has 0 saturated carbocycles. The second kappa shape index (κ2) is 29.1. The summed E-state index contributed by atoms with van der Waals surface area (Å²) < 4.78 is 116. The third-order valence-corrected chi connectivity index (χ3v) is 15.6. The van der Waals surface area contributed by atoms with Crippen molar-refractivity contribution in [3.63, 3.8) is 0 Å². The van der Waals surface area contributed by atoms with Crippen molar-refractivity contribution in [1.29, 1.82) is 0 Å². The Bertz CT molecular complexity index is 3180. The number of allylic oxidation sites excluding steroid dienone is 7. The monoisotopic (exact) mass is 1140 g/mol. The van der Waals surface area contributed by atoms with Gasteiger partial charge in [-0.3, -0.25) is 5.04 Å². The molecule has 1 atom stereocenters. The van der Waals surface area contributed by atoms with Gasteiger partial charge in [0.1, 0.15) is 34.8 Å². The molecule has 0 fully saturated rings. The van der Waals surface area contributed by atoms with E-state index in [-0.39, 0.29) is 142 Å². The molecule has 382 valence electrons. The first kappa shape index (κ1) is 68.3. The summed E-state index contributed by atoms with van der Waals surface area (Å²) in [6, 6.07) is 15.0. The number of methoxy groups -OCH3 is 1. The molecule has 0 N–H and O–H groups in total. The molecule has 18 nitrogen and oxygen atoms in total. The minimum absolute atomic E-state index is 0. The van der Waals surface area contributed by atoms with Gasteiger partial charge >= 0.3 is 118 Å². The number of anilines is 1. The Morgan fingerprint density at radius 1 is 0.867 bits per heavy atom. The van der Waals surface area contributed by atoms with E-state index < -0.39 is 60.8 Å². The fourth-order valence-corrected chi connectivity index (χ4v) is 11.8. The van der Waals surface area contributed by atoms with Crippen molar-refractivity contribution >= 4 is 88.2 Å². The predicted octanol–water partition coefficient (Wildman–Crippen LogP) is -6.19. The summed E-state index contributed by atoms with van der Waals surface area (Å²) in [5.41, 5.74) is 5.51. The molecule has 7 rings (SSSR count). The van der Waals surface area contributed by atoms with Crippen molar-refractivity contribution in [3.8, 4) is 5.75 Å². The van der Waals surface area contributed by atoms with Crippen LogP contribution in [0.25, 0.3) is 21.5 Å². The molecule has 0 aromatic heterocycles. The number of hydrogen-bond acceptors (Lipinski definition) is 18. The van der Waals surface area contributed by atoms with E-state index in [1.807, 2.05) is 70.2 Å². The number of carboxylic acid groups (broad SMARTS) is 1. The summed E-state index contributed by atoms with van der Waals surface area (Å²) in [4.78, 5) is 13.8. The van der Waals surface area contributed by atoms with Gasteiger partial charge in [-0.2, -0.15) is 8.91 Å². The fraction of sp³-hybridized carbons (Fsp3) is 0.388. The molecule has 4 aromatic rings. The SMILES string of the molecule is COC1=C(/C=C/C2=[N+](CCCCS(=O)(=O)[O-])c3ccc4cc(S(=O)(=O)[O-])ccc4c3C2(C)C)CCC/C1=C\C=C1\N(CCCCOS(=O)[O-])c2ccc3cc(SOO[O-])cc(OCC(=O)[O-])c3c2C1(C)C.[Na+].[Na+].[Na+].[Na+]. The van der Waals surface area contributed by atoms with Crippen molar-refractivity contribution < 1.29 is 196 Å². The van der Waals surface area contributed by atoms with Crippen LogP contribution in [0.3, 0.4) is 0 Å². The van der Waals surface area contributed by atoms with E-state index in [0.29, 0.717) is 84.0 Å². The molecule has 2 aliphatic heterocycles. The zero-order valence-electron chi connectivity index (χ0n) is 43.6. The second-order valence-electron chi connectivity index (χ2n) is 18.3. The molecule has 0 amide bonds. The Hall–Kier alpha value is -0.980. The summed E-state index contributed by atoms with van der Waals surface area (Å²) in [5, 5.41) is 28.5. The van der Waals surface area contributed by atoms with Crippen molar-refractivity contribution in [2.24, 2.45) is 0 Å². The number of hydrogen-bond donors (Lipinski definition) is 0. The maximum Gasteiger partial charge on any atom is 1.00 e. The Morgan fingerprint density at radius 2 is 1.59 bits per heavy atom. The van der Waals surface area contributed by atoms with E-state index in [0.717, 1.165) is 56.9 Å². The van der Waals surface area contributed by atoms with Gasteiger partial charge in [0.2, 0.25) is 5.69 Å². The van der Waals surface area contributed by atoms with Gasteiger partial charge in [-0.05, 0) is 134 Å². The average molecular weight is 1150 g/mol. The molecular formula is C49H52N2Na4O16S4. The second-order valence-corrected chi connectivity index (χ2v) is 22.6. The maximum absolute atomic E-state index is 11.9. The minimum Gasteiger partial charge on any atom is -0.750 e. The van der Waals surface area contributed by atoms with Crippen LogP contribution < -0.4 is 138 Å². The largest absolute Gasteiger partial charge is 1.00 e. The summed E-state index contributed by atoms with van der Waals surface area (Å²) in [5.74, 6) is -1.06. The quantitative estimate of drug-likeness (QED) is 0.0104. The van der Waals surface area contributed by atoms with Crippen LogP contribution in [0.2, 0.25) is 0 Å². The number of carboxylic acids is 1. The number of ether oxygens (including phenoxy) is 2. The fourth-order valence-electron chi connectivity index (χ4n) is 10.1. The van der Waals surface area contributed by atoms with Crippen LogP contribution in [0, 0.1) is 0 Å². The van der Waals surface area contributed by atoms with Gasteiger partial charge in [-0.15, -0.1) is 0 Å². The van der Waals surface area contributed by atoms with Crippen LogP contribution >= 0.6 is 12.0 Å². The summed E-state index contributed by atoms with van der Waals surface area (Å²) in [6.07, 6.45) is 11.7. The number of fused-ring (bicyclic) bond motifs is 6. The van der Waals surface area contributed by atoms with E-state index in [1.54, 1.807) is 31.4 Å². The topological polar surface area (TPSA) is 270 Å². The van der Waals surface area contributed by atoms with Crippen molar-refractivity contribution in [2.75, 3.05) is 44.1 Å². The van der Waals surface area contributed by atoms with Crippen LogP contribution in [0.15, 0.2) is 111 Å². The molecule has 1 unspecified atom stereocenters. The minimum atomic E-state index is -4.71. The molecule has 0 radical (unpaired) electrons. The zero-order valence-corrected chi connectivity index (χ0v) is 54.8. The molecular weight excluding hydrogens is 1090 g/mol. The van der Waals surface area contributed by atoms with Gasteiger partial charge in [0.05, 0.1) is 63.5 Å². The normalized spacial score (nSPS) is 17.4. The van der Waals surface area contributed by atoms with Crippen LogP contribution in [-0.4, -0.2) is 90.1 Å². The molecule has 26 heteroatoms. The molecule has 0 bridgehead atoms. The Balaban J connectivity index is 0.00000371. The van der Waals surface area contributed by atoms with Gasteiger partial charge in [0, 0.05) is 63.5 Å². The number of rotatable bonds is 22. The third-order valence-electron chi connectivity index (χ3n) is 13.0. The van der Waals surface area contributed by atoms with E-state index in [2.05, 4.69) is 18.8 Å². The summed E-state index contributed by atoms with van der Waals surface area (Å²) in [6.45, 7) is 8.24. The van der Waals surface area contributed by atoms with Crippen molar-refractivity contribution in [3.05, 3.63) is 113 Å². The molecule has 1 aliphatic carbocycles. The zero-order chi connectivity index (χ0) is 51.5. The van der Waals surface area contributed by atoms with Gasteiger partial charge < -0.3 is 47.4 Å². The van der Waals surface area contributed by atoms with E-state index >= 15 is 0 Å². The van der Waals surface area contributed by atoms with Crippen LogP contribution in [0.5, 0.6) is 5.75 Å². The molecule has 75 heavy (non-hydrogen) atoms. The Kier molecular flexibility index (Phi) is 26.5. The van der Waals surface area contributed by atoms with Gasteiger partial charge in [0.25, 0.3) is 0 Å². The number of carbonyl (C=O) groups is 1. The molecule has 3 aliphatic rings. The van der Waals surface area contributed by atoms with Crippen LogP contribution in [-0.2, 0) is 65.5 Å². The van der Waals surface area contributed by atoms with E-state index in [4.69, 9.17) is 13.7 Å². The van der Waals surface area contributed by atoms with Crippen LogP contribution in [0.1, 0.15) is 83.8 Å². The average Bonchev–Trinajstić information content (AvgIpc) is 3.66. The smallest absolute Gasteiger partial charge is 0.750 e. The van der Waals surface area contributed by atoms with Gasteiger partial charge in [-0.25, -0.2) is 21.0 Å². The molecule has 4 aromatic carbocycles. The van der Waals surface area contributed by atoms with Gasteiger partial charge in [-0.1, -0.05) is 32.1 Å². The Labute approximate surface area is 533 Å². The van der Waals surface area contributed by atoms with Crippen molar-refractivity contribution in [1.82, 2.24) is 0 Å². The predicted molar refractivity (Wildman–Crippen MR) is 259 cm³/mol. The maximum atomic E-state index is 11.9. The number of nitrogens with zero attached hydrogens (tertiary/aromatic N) is 2. The number of carbonyl (C=O) groups excluding carboxylic acids is 1. The van der Waals surface area contributed by atoms with Crippen LogP contribution in [0.4, 0.5) is 11.4 Å². The summed E-state index contributed by atoms with van der Waals surface area (Å²) in [7, 11) is -7.53. The van der Waals surface area contributed by atoms with E-state index in [1.165, 1.54) is 12.1 Å². The molecule has 2 heterocycles. The number of unbranched alkanes of at least 4 members (excludes halogenated alkanes) is 2. The Morgan fingerprint density at radius 3 is 2.24 bits per heavy atom. The molecule has 0 saturated heterocycles. The molecule has 0 spiro atoms. The van der Waals surface area contributed by atoms with Crippen molar-refractivity contribution in [2.45, 2.75) is 93.3 Å². The first-order valence-electron chi connectivity index (χ1n) is 22.6.